The highest BCUT2D eigenvalue weighted by Crippen LogP contribution is 2.21. The maximum absolute atomic E-state index is 12.9. The molecule has 0 bridgehead atoms. The molecule has 158 valence electrons. The molecule has 0 radical (unpaired) electrons. The summed E-state index contributed by atoms with van der Waals surface area (Å²) in [5.74, 6) is -1.44. The second-order valence-corrected chi connectivity index (χ2v) is 9.05. The minimum atomic E-state index is -3.71. The molecule has 2 fully saturated rings. The maximum Gasteiger partial charge on any atom is 0.338 e. The Kier molecular flexibility index (Phi) is 6.53. The molecule has 3 amide bonds. The number of nitrogens with one attached hydrogen (secondary N) is 1. The van der Waals surface area contributed by atoms with Gasteiger partial charge in [-0.05, 0) is 38.0 Å². The fraction of sp³-hybridized carbons (Fsp3) is 0.526. The second-order valence-electron chi connectivity index (χ2n) is 7.12. The Morgan fingerprint density at radius 3 is 2.41 bits per heavy atom. The van der Waals surface area contributed by atoms with E-state index in [9.17, 15) is 22.8 Å². The predicted octanol–water partition coefficient (Wildman–Crippen LogP) is 1.35. The highest BCUT2D eigenvalue weighted by atomic mass is 32.2. The number of esters is 1. The van der Waals surface area contributed by atoms with Crippen molar-refractivity contribution in [2.45, 2.75) is 43.6 Å². The number of nitrogens with zero attached hydrogens (tertiary/aromatic N) is 2. The lowest BCUT2D eigenvalue weighted by Crippen LogP contribution is -2.41. The van der Waals surface area contributed by atoms with E-state index in [4.69, 9.17) is 4.74 Å². The Labute approximate surface area is 170 Å². The van der Waals surface area contributed by atoms with Gasteiger partial charge < -0.3 is 10.1 Å². The molecular weight excluding hydrogens is 398 g/mol. The van der Waals surface area contributed by atoms with E-state index in [-0.39, 0.29) is 17.0 Å². The minimum absolute atomic E-state index is 0.0201. The van der Waals surface area contributed by atoms with Crippen LogP contribution in [0.1, 0.15) is 43.0 Å². The number of carbonyl (C=O) groups is 3. The molecule has 10 heteroatoms. The van der Waals surface area contributed by atoms with Crippen LogP contribution in [0.2, 0.25) is 0 Å². The summed E-state index contributed by atoms with van der Waals surface area (Å²) in [4.78, 5) is 37.3. The number of sulfonamides is 1. The first kappa shape index (κ1) is 21.3. The van der Waals surface area contributed by atoms with Crippen LogP contribution in [-0.4, -0.2) is 67.8 Å². The first-order valence-corrected chi connectivity index (χ1v) is 11.1. The van der Waals surface area contributed by atoms with Crippen molar-refractivity contribution in [1.82, 2.24) is 14.5 Å². The van der Waals surface area contributed by atoms with E-state index < -0.39 is 34.0 Å². The Morgan fingerprint density at radius 2 is 1.79 bits per heavy atom. The molecule has 1 atom stereocenters. The molecule has 1 N–H and O–H groups in total. The van der Waals surface area contributed by atoms with E-state index in [0.29, 0.717) is 19.6 Å². The average Bonchev–Trinajstić information content (AvgIpc) is 2.95. The van der Waals surface area contributed by atoms with Crippen molar-refractivity contribution in [1.29, 1.82) is 0 Å². The van der Waals surface area contributed by atoms with E-state index in [0.717, 1.165) is 30.6 Å². The molecule has 0 saturated carbocycles. The van der Waals surface area contributed by atoms with Crippen molar-refractivity contribution < 1.29 is 27.5 Å². The van der Waals surface area contributed by atoms with Crippen LogP contribution in [0.4, 0.5) is 4.79 Å². The number of amides is 3. The standard InChI is InChI=1S/C19H25N3O6S/c1-14(17(23)22-12-9-20-19(22)25)28-18(24)15-7-6-8-16(13-15)29(26,27)21-10-4-2-3-5-11-21/h6-8,13-14H,2-5,9-12H2,1H3,(H,20,25). The Balaban J connectivity index is 1.72. The van der Waals surface area contributed by atoms with E-state index >= 15 is 0 Å². The Morgan fingerprint density at radius 1 is 1.10 bits per heavy atom. The van der Waals surface area contributed by atoms with Crippen LogP contribution in [-0.2, 0) is 19.6 Å². The largest absolute Gasteiger partial charge is 0.449 e. The van der Waals surface area contributed by atoms with Crippen LogP contribution in [0, 0.1) is 0 Å². The fourth-order valence-corrected chi connectivity index (χ4v) is 4.96. The summed E-state index contributed by atoms with van der Waals surface area (Å²) in [5.41, 5.74) is 0.0337. The van der Waals surface area contributed by atoms with Crippen LogP contribution >= 0.6 is 0 Å². The van der Waals surface area contributed by atoms with Crippen molar-refractivity contribution >= 4 is 27.9 Å². The number of hydrogen-bond acceptors (Lipinski definition) is 6. The number of carbonyl (C=O) groups excluding carboxylic acids is 3. The van der Waals surface area contributed by atoms with Crippen LogP contribution in [0.25, 0.3) is 0 Å². The molecule has 0 aliphatic carbocycles. The second kappa shape index (κ2) is 8.91. The molecule has 2 heterocycles. The van der Waals surface area contributed by atoms with Crippen LogP contribution in [0.3, 0.4) is 0 Å². The third kappa shape index (κ3) is 4.76. The lowest BCUT2D eigenvalue weighted by Gasteiger charge is -2.20. The van der Waals surface area contributed by atoms with Gasteiger partial charge in [0.1, 0.15) is 0 Å². The van der Waals surface area contributed by atoms with Gasteiger partial charge in [-0.1, -0.05) is 18.9 Å². The SMILES string of the molecule is CC(OC(=O)c1cccc(S(=O)(=O)N2CCCCCC2)c1)C(=O)N1CCNC1=O. The number of benzene rings is 1. The molecular formula is C19H25N3O6S. The van der Waals surface area contributed by atoms with Crippen molar-refractivity contribution in [3.05, 3.63) is 29.8 Å². The predicted molar refractivity (Wildman–Crippen MR) is 104 cm³/mol. The number of urea groups is 1. The quantitative estimate of drug-likeness (QED) is 0.715. The zero-order valence-corrected chi connectivity index (χ0v) is 17.1. The summed E-state index contributed by atoms with van der Waals surface area (Å²) >= 11 is 0. The van der Waals surface area contributed by atoms with Gasteiger partial charge >= 0.3 is 12.0 Å². The molecule has 9 nitrogen and oxygen atoms in total. The number of hydrogen-bond donors (Lipinski definition) is 1. The van der Waals surface area contributed by atoms with Crippen LogP contribution < -0.4 is 5.32 Å². The van der Waals surface area contributed by atoms with E-state index in [1.807, 2.05) is 0 Å². The van der Waals surface area contributed by atoms with Gasteiger partial charge in [0.2, 0.25) is 10.0 Å². The van der Waals surface area contributed by atoms with Crippen molar-refractivity contribution in [3.63, 3.8) is 0 Å². The summed E-state index contributed by atoms with van der Waals surface area (Å²) < 4.78 is 32.5. The summed E-state index contributed by atoms with van der Waals surface area (Å²) in [5, 5.41) is 2.50. The Hall–Kier alpha value is -2.46. The normalized spacial score (nSPS) is 19.3. The summed E-state index contributed by atoms with van der Waals surface area (Å²) in [7, 11) is -3.71. The zero-order valence-electron chi connectivity index (χ0n) is 16.3. The van der Waals surface area contributed by atoms with Crippen LogP contribution in [0.15, 0.2) is 29.2 Å². The van der Waals surface area contributed by atoms with Gasteiger partial charge in [-0.2, -0.15) is 4.31 Å². The minimum Gasteiger partial charge on any atom is -0.449 e. The molecule has 1 aromatic carbocycles. The molecule has 2 aliphatic rings. The summed E-state index contributed by atoms with van der Waals surface area (Å²) in [6.07, 6.45) is 2.45. The van der Waals surface area contributed by atoms with Crippen LogP contribution in [0.5, 0.6) is 0 Å². The number of imide groups is 1. The summed E-state index contributed by atoms with van der Waals surface area (Å²) in [6, 6.07) is 5.09. The maximum atomic E-state index is 12.9. The van der Waals surface area contributed by atoms with Gasteiger partial charge in [-0.3, -0.25) is 9.69 Å². The Bertz CT molecular complexity index is 893. The molecule has 2 aliphatic heterocycles. The van der Waals surface area contributed by atoms with Gasteiger partial charge in [0.05, 0.1) is 10.5 Å². The fourth-order valence-electron chi connectivity index (χ4n) is 3.39. The topological polar surface area (TPSA) is 113 Å². The van der Waals surface area contributed by atoms with E-state index in [1.165, 1.54) is 35.5 Å². The molecule has 1 aromatic rings. The van der Waals surface area contributed by atoms with Crippen molar-refractivity contribution in [3.8, 4) is 0 Å². The molecule has 0 aromatic heterocycles. The first-order valence-electron chi connectivity index (χ1n) is 9.71. The highest BCUT2D eigenvalue weighted by molar-refractivity contribution is 7.89. The van der Waals surface area contributed by atoms with E-state index in [1.54, 1.807) is 0 Å². The number of ether oxygens (including phenoxy) is 1. The summed E-state index contributed by atoms with van der Waals surface area (Å²) in [6.45, 7) is 2.86. The highest BCUT2D eigenvalue weighted by Gasteiger charge is 2.32. The molecule has 2 saturated heterocycles. The van der Waals surface area contributed by atoms with Gasteiger partial charge in [-0.25, -0.2) is 18.0 Å². The molecule has 3 rings (SSSR count). The zero-order chi connectivity index (χ0) is 21.0. The molecule has 29 heavy (non-hydrogen) atoms. The van der Waals surface area contributed by atoms with Gasteiger partial charge in [-0.15, -0.1) is 0 Å². The van der Waals surface area contributed by atoms with Crippen molar-refractivity contribution in [2.24, 2.45) is 0 Å². The van der Waals surface area contributed by atoms with Gasteiger partial charge in [0, 0.05) is 26.2 Å². The molecule has 0 spiro atoms. The third-order valence-electron chi connectivity index (χ3n) is 5.03. The van der Waals surface area contributed by atoms with Crippen molar-refractivity contribution in [2.75, 3.05) is 26.2 Å². The number of rotatable bonds is 5. The average molecular weight is 423 g/mol. The smallest absolute Gasteiger partial charge is 0.338 e. The van der Waals surface area contributed by atoms with E-state index in [2.05, 4.69) is 5.32 Å². The monoisotopic (exact) mass is 423 g/mol. The lowest BCUT2D eigenvalue weighted by atomic mass is 10.2. The lowest BCUT2D eigenvalue weighted by molar-refractivity contribution is -0.136. The van der Waals surface area contributed by atoms with Gasteiger partial charge in [0.25, 0.3) is 5.91 Å². The molecule has 1 unspecified atom stereocenters. The third-order valence-corrected chi connectivity index (χ3v) is 6.92. The first-order chi connectivity index (χ1) is 13.8. The van der Waals surface area contributed by atoms with Gasteiger partial charge in [0.15, 0.2) is 6.10 Å².